The van der Waals surface area contributed by atoms with E-state index in [9.17, 15) is 27.5 Å². The largest absolute Gasteiger partial charge is 0.398 e. The molecule has 0 aromatic heterocycles. The third kappa shape index (κ3) is 6.17. The van der Waals surface area contributed by atoms with Crippen LogP contribution in [0.3, 0.4) is 0 Å². The highest BCUT2D eigenvalue weighted by atomic mass is 19.2. The van der Waals surface area contributed by atoms with Crippen molar-refractivity contribution < 1.29 is 32.6 Å². The van der Waals surface area contributed by atoms with E-state index in [0.717, 1.165) is 12.1 Å². The molecule has 2 aromatic rings. The minimum Gasteiger partial charge on any atom is -0.398 e. The van der Waals surface area contributed by atoms with Crippen molar-refractivity contribution in [3.63, 3.8) is 0 Å². The highest BCUT2D eigenvalue weighted by molar-refractivity contribution is 5.95. The maximum Gasteiger partial charge on any atom is 0.229 e. The Labute approximate surface area is 172 Å². The van der Waals surface area contributed by atoms with E-state index in [1.54, 1.807) is 20.8 Å². The number of hydrogen-bond acceptors (Lipinski definition) is 4. The third-order valence-corrected chi connectivity index (χ3v) is 4.06. The van der Waals surface area contributed by atoms with E-state index >= 15 is 0 Å². The quantitative estimate of drug-likeness (QED) is 0.423. The predicted molar refractivity (Wildman–Crippen MR) is 106 cm³/mol. The highest BCUT2D eigenvalue weighted by Crippen LogP contribution is 2.29. The smallest absolute Gasteiger partial charge is 0.229 e. The van der Waals surface area contributed by atoms with Crippen LogP contribution in [0.5, 0.6) is 0 Å². The summed E-state index contributed by atoms with van der Waals surface area (Å²) in [6.07, 6.45) is -2.31. The number of aliphatic hydroxyl groups excluding tert-OH is 2. The second-order valence-corrected chi connectivity index (χ2v) is 7.74. The fourth-order valence-corrected chi connectivity index (χ4v) is 2.40. The molecule has 0 aliphatic rings. The molecule has 0 aliphatic heterocycles. The van der Waals surface area contributed by atoms with Crippen molar-refractivity contribution in [3.05, 3.63) is 58.7 Å². The fourth-order valence-electron chi connectivity index (χ4n) is 2.40. The molecule has 0 saturated heterocycles. The van der Waals surface area contributed by atoms with Gasteiger partial charge < -0.3 is 21.3 Å². The summed E-state index contributed by atoms with van der Waals surface area (Å²) in [4.78, 5) is 11.8. The van der Waals surface area contributed by atoms with Gasteiger partial charge in [0.05, 0.1) is 12.2 Å². The van der Waals surface area contributed by atoms with Gasteiger partial charge in [-0.1, -0.05) is 20.8 Å². The Hall–Kier alpha value is -2.65. The molecule has 2 aromatic carbocycles. The summed E-state index contributed by atoms with van der Waals surface area (Å²) in [5.74, 6) is -4.61. The number of aliphatic hydroxyl groups is 2. The highest BCUT2D eigenvalue weighted by Gasteiger charge is 2.25. The average Bonchev–Trinajstić information content (AvgIpc) is 2.61. The van der Waals surface area contributed by atoms with Gasteiger partial charge in [-0.15, -0.1) is 0 Å². The van der Waals surface area contributed by atoms with Crippen LogP contribution in [-0.4, -0.2) is 16.1 Å². The van der Waals surface area contributed by atoms with E-state index in [1.165, 1.54) is 26.0 Å². The van der Waals surface area contributed by atoms with Gasteiger partial charge in [0.15, 0.2) is 23.3 Å². The van der Waals surface area contributed by atoms with Gasteiger partial charge in [0.25, 0.3) is 0 Å². The molecule has 0 fully saturated rings. The maximum absolute atomic E-state index is 13.6. The fraction of sp³-hybridized carbons (Fsp3) is 0.381. The first-order valence-corrected chi connectivity index (χ1v) is 9.07. The van der Waals surface area contributed by atoms with E-state index in [4.69, 9.17) is 10.8 Å². The number of nitrogens with two attached hydrogens (primary N) is 1. The molecule has 0 spiro atoms. The van der Waals surface area contributed by atoms with Crippen molar-refractivity contribution in [1.29, 1.82) is 0 Å². The molecule has 166 valence electrons. The first-order valence-electron chi connectivity index (χ1n) is 9.07. The lowest BCUT2D eigenvalue weighted by molar-refractivity contribution is -0.123. The number of amides is 1. The number of hydrogen-bond donors (Lipinski definition) is 4. The van der Waals surface area contributed by atoms with Crippen LogP contribution in [0.25, 0.3) is 0 Å². The molecule has 0 saturated carbocycles. The van der Waals surface area contributed by atoms with Crippen LogP contribution < -0.4 is 11.1 Å². The summed E-state index contributed by atoms with van der Waals surface area (Å²) in [6.45, 7) is 7.73. The Morgan fingerprint density at radius 1 is 0.900 bits per heavy atom. The van der Waals surface area contributed by atoms with Crippen molar-refractivity contribution in [3.8, 4) is 0 Å². The maximum atomic E-state index is 13.6. The number of rotatable bonds is 3. The van der Waals surface area contributed by atoms with E-state index in [1.807, 2.05) is 0 Å². The van der Waals surface area contributed by atoms with Gasteiger partial charge in [-0.3, -0.25) is 4.79 Å². The van der Waals surface area contributed by atoms with E-state index in [-0.39, 0.29) is 28.4 Å². The second-order valence-electron chi connectivity index (χ2n) is 7.74. The van der Waals surface area contributed by atoms with Crippen LogP contribution in [-0.2, 0) is 4.79 Å². The molecule has 30 heavy (non-hydrogen) atoms. The molecule has 0 aliphatic carbocycles. The molecule has 2 atom stereocenters. The van der Waals surface area contributed by atoms with Crippen LogP contribution in [0, 0.1) is 28.7 Å². The summed E-state index contributed by atoms with van der Waals surface area (Å²) >= 11 is 0. The summed E-state index contributed by atoms with van der Waals surface area (Å²) in [5.41, 5.74) is 4.38. The average molecular weight is 430 g/mol. The monoisotopic (exact) mass is 430 g/mol. The summed E-state index contributed by atoms with van der Waals surface area (Å²) in [5, 5.41) is 21.0. The number of benzene rings is 2. The van der Waals surface area contributed by atoms with Gasteiger partial charge in [-0.25, -0.2) is 17.6 Å². The molecular formula is C21H26F4N2O3. The van der Waals surface area contributed by atoms with Crippen molar-refractivity contribution in [2.45, 2.75) is 46.8 Å². The van der Waals surface area contributed by atoms with Crippen LogP contribution in [0.4, 0.5) is 28.9 Å². The van der Waals surface area contributed by atoms with Crippen LogP contribution >= 0.6 is 0 Å². The summed E-state index contributed by atoms with van der Waals surface area (Å²) in [7, 11) is 0. The minimum atomic E-state index is -1.21. The number of carbonyl (C=O) groups is 1. The Balaban J connectivity index is 0.000000325. The van der Waals surface area contributed by atoms with Gasteiger partial charge in [0, 0.05) is 27.9 Å². The lowest BCUT2D eigenvalue weighted by atomic mass is 9.95. The minimum absolute atomic E-state index is 0.0592. The topological polar surface area (TPSA) is 95.6 Å². The van der Waals surface area contributed by atoms with Crippen molar-refractivity contribution in [1.82, 2.24) is 0 Å². The van der Waals surface area contributed by atoms with Gasteiger partial charge >= 0.3 is 0 Å². The normalized spacial score (nSPS) is 13.2. The third-order valence-electron chi connectivity index (χ3n) is 4.06. The molecule has 2 unspecified atom stereocenters. The Kier molecular flexibility index (Phi) is 8.38. The predicted octanol–water partition coefficient (Wildman–Crippen LogP) is 4.60. The number of nitrogen functional groups attached to an aromatic ring is 1. The first kappa shape index (κ1) is 25.4. The second kappa shape index (κ2) is 9.90. The van der Waals surface area contributed by atoms with Crippen LogP contribution in [0.2, 0.25) is 0 Å². The van der Waals surface area contributed by atoms with E-state index in [2.05, 4.69) is 5.32 Å². The SMILES string of the molecule is CC(O)c1c(N)ccc(F)c1F.CC(O)c1c(NC(=O)C(C)(C)C)ccc(F)c1F. The molecule has 0 radical (unpaired) electrons. The first-order chi connectivity index (χ1) is 13.7. The molecule has 0 bridgehead atoms. The van der Waals surface area contributed by atoms with Crippen molar-refractivity contribution in [2.24, 2.45) is 5.41 Å². The van der Waals surface area contributed by atoms with Crippen molar-refractivity contribution in [2.75, 3.05) is 11.1 Å². The van der Waals surface area contributed by atoms with Gasteiger partial charge in [0.1, 0.15) is 0 Å². The number of nitrogens with one attached hydrogen (secondary N) is 1. The standard InChI is InChI=1S/C13H17F2NO2.C8H9F2NO/c1-7(17)10-9(6-5-8(14)11(10)15)16-12(18)13(2,3)4;1-4(12)7-6(11)3-2-5(9)8(7)10/h5-7,17H,1-4H3,(H,16,18);2-4,12H,11H2,1H3. The number of carbonyl (C=O) groups excluding carboxylic acids is 1. The Morgan fingerprint density at radius 3 is 1.73 bits per heavy atom. The molecule has 5 nitrogen and oxygen atoms in total. The zero-order valence-electron chi connectivity index (χ0n) is 17.4. The van der Waals surface area contributed by atoms with Crippen LogP contribution in [0.15, 0.2) is 24.3 Å². The lowest BCUT2D eigenvalue weighted by Crippen LogP contribution is -2.28. The zero-order valence-corrected chi connectivity index (χ0v) is 17.4. The van der Waals surface area contributed by atoms with Gasteiger partial charge in [-0.05, 0) is 38.1 Å². The van der Waals surface area contributed by atoms with E-state index < -0.39 is 40.9 Å². The summed E-state index contributed by atoms with van der Waals surface area (Å²) in [6, 6.07) is 4.31. The lowest BCUT2D eigenvalue weighted by Gasteiger charge is -2.20. The molecule has 5 N–H and O–H groups in total. The summed E-state index contributed by atoms with van der Waals surface area (Å²) < 4.78 is 52.1. The molecule has 0 heterocycles. The van der Waals surface area contributed by atoms with Crippen molar-refractivity contribution >= 4 is 17.3 Å². The van der Waals surface area contributed by atoms with Gasteiger partial charge in [0.2, 0.25) is 5.91 Å². The van der Waals surface area contributed by atoms with Gasteiger partial charge in [-0.2, -0.15) is 0 Å². The molecule has 1 amide bonds. The Morgan fingerprint density at radius 2 is 1.33 bits per heavy atom. The molecular weight excluding hydrogens is 404 g/mol. The molecule has 9 heteroatoms. The zero-order chi connectivity index (χ0) is 23.4. The van der Waals surface area contributed by atoms with E-state index in [0.29, 0.717) is 0 Å². The number of anilines is 2. The molecule has 2 rings (SSSR count). The number of halogens is 4. The Bertz CT molecular complexity index is 910. The van der Waals surface area contributed by atoms with Crippen LogP contribution in [0.1, 0.15) is 58.0 Å².